The number of methoxy groups -OCH3 is 1. The van der Waals surface area contributed by atoms with Crippen LogP contribution in [0.1, 0.15) is 18.7 Å². The second kappa shape index (κ2) is 8.59. The smallest absolute Gasteiger partial charge is 0.124 e. The van der Waals surface area contributed by atoms with E-state index in [0.717, 1.165) is 42.9 Å². The van der Waals surface area contributed by atoms with E-state index < -0.39 is 0 Å². The lowest BCUT2D eigenvalue weighted by Gasteiger charge is -2.08. The van der Waals surface area contributed by atoms with Crippen LogP contribution < -0.4 is 0 Å². The van der Waals surface area contributed by atoms with Crippen molar-refractivity contribution in [1.82, 2.24) is 9.55 Å². The van der Waals surface area contributed by atoms with Gasteiger partial charge in [-0.25, -0.2) is 4.98 Å². The Hall–Kier alpha value is -0.810. The molecular weight excluding hydrogens is 311 g/mol. The molecule has 0 radical (unpaired) electrons. The van der Waals surface area contributed by atoms with Crippen LogP contribution in [0.25, 0.3) is 11.0 Å². The monoisotopic (exact) mass is 330 g/mol. The number of hydrogen-bond donors (Lipinski definition) is 0. The van der Waals surface area contributed by atoms with Crippen LogP contribution in [0.2, 0.25) is 5.02 Å². The molecule has 1 aromatic heterocycles. The fraction of sp³-hybridized carbons (Fsp3) is 0.533. The SMILES string of the molecule is COCCOCCCCn1c(CCl)nc2ccc(Cl)cc21. The lowest BCUT2D eigenvalue weighted by molar-refractivity contribution is 0.0684. The van der Waals surface area contributed by atoms with Crippen molar-refractivity contribution in [2.45, 2.75) is 25.3 Å². The molecule has 0 saturated heterocycles. The van der Waals surface area contributed by atoms with E-state index in [1.54, 1.807) is 7.11 Å². The average molecular weight is 331 g/mol. The van der Waals surface area contributed by atoms with E-state index in [9.17, 15) is 0 Å². The number of ether oxygens (including phenoxy) is 2. The van der Waals surface area contributed by atoms with Crippen molar-refractivity contribution in [3.8, 4) is 0 Å². The molecule has 0 bridgehead atoms. The molecule has 1 heterocycles. The first-order valence-corrected chi connectivity index (χ1v) is 7.95. The van der Waals surface area contributed by atoms with Gasteiger partial charge in [-0.2, -0.15) is 0 Å². The van der Waals surface area contributed by atoms with Crippen molar-refractivity contribution in [3.63, 3.8) is 0 Å². The highest BCUT2D eigenvalue weighted by Crippen LogP contribution is 2.22. The number of unbranched alkanes of at least 4 members (excludes halogenated alkanes) is 1. The lowest BCUT2D eigenvalue weighted by atomic mass is 10.3. The summed E-state index contributed by atoms with van der Waals surface area (Å²) < 4.78 is 12.5. The Morgan fingerprint density at radius 2 is 2.05 bits per heavy atom. The zero-order valence-electron chi connectivity index (χ0n) is 12.1. The van der Waals surface area contributed by atoms with Crippen molar-refractivity contribution in [3.05, 3.63) is 29.0 Å². The van der Waals surface area contributed by atoms with Crippen LogP contribution in [-0.4, -0.2) is 36.5 Å². The third kappa shape index (κ3) is 4.58. The van der Waals surface area contributed by atoms with Crippen LogP contribution >= 0.6 is 23.2 Å². The molecule has 0 amide bonds. The Balaban J connectivity index is 1.92. The number of hydrogen-bond acceptors (Lipinski definition) is 3. The Labute approximate surface area is 135 Å². The summed E-state index contributed by atoms with van der Waals surface area (Å²) in [5.41, 5.74) is 1.98. The highest BCUT2D eigenvalue weighted by atomic mass is 35.5. The molecule has 4 nitrogen and oxygen atoms in total. The van der Waals surface area contributed by atoms with Crippen molar-refractivity contribution in [2.24, 2.45) is 0 Å². The van der Waals surface area contributed by atoms with Gasteiger partial charge in [0, 0.05) is 25.3 Å². The third-order valence-corrected chi connectivity index (χ3v) is 3.74. The van der Waals surface area contributed by atoms with Gasteiger partial charge in [0.25, 0.3) is 0 Å². The second-order valence-electron chi connectivity index (χ2n) is 4.76. The van der Waals surface area contributed by atoms with Gasteiger partial charge in [-0.05, 0) is 31.0 Å². The molecule has 0 fully saturated rings. The van der Waals surface area contributed by atoms with Gasteiger partial charge in [0.1, 0.15) is 5.82 Å². The number of imidazole rings is 1. The standard InChI is InChI=1S/C15H20Cl2N2O2/c1-20-8-9-21-7-3-2-6-19-14-10-12(17)4-5-13(14)18-15(19)11-16/h4-5,10H,2-3,6-9,11H2,1H3. The summed E-state index contributed by atoms with van der Waals surface area (Å²) in [6.07, 6.45) is 2.00. The van der Waals surface area contributed by atoms with Gasteiger partial charge >= 0.3 is 0 Å². The Bertz CT molecular complexity index is 572. The minimum absolute atomic E-state index is 0.399. The maximum atomic E-state index is 6.07. The number of alkyl halides is 1. The van der Waals surface area contributed by atoms with Crippen molar-refractivity contribution in [2.75, 3.05) is 26.9 Å². The van der Waals surface area contributed by atoms with E-state index in [1.165, 1.54) is 0 Å². The second-order valence-corrected chi connectivity index (χ2v) is 5.46. The molecule has 0 saturated carbocycles. The number of nitrogens with zero attached hydrogens (tertiary/aromatic N) is 2. The van der Waals surface area contributed by atoms with Crippen molar-refractivity contribution >= 4 is 34.2 Å². The first-order chi connectivity index (χ1) is 10.3. The largest absolute Gasteiger partial charge is 0.382 e. The average Bonchev–Trinajstić information content (AvgIpc) is 2.83. The molecule has 0 spiro atoms. The quantitative estimate of drug-likeness (QED) is 0.517. The van der Waals surface area contributed by atoms with Crippen LogP contribution in [0.5, 0.6) is 0 Å². The highest BCUT2D eigenvalue weighted by molar-refractivity contribution is 6.31. The molecule has 2 rings (SSSR count). The minimum atomic E-state index is 0.399. The Morgan fingerprint density at radius 1 is 1.19 bits per heavy atom. The van der Waals surface area contributed by atoms with Crippen LogP contribution in [0.15, 0.2) is 18.2 Å². The molecule has 6 heteroatoms. The van der Waals surface area contributed by atoms with E-state index in [2.05, 4.69) is 9.55 Å². The predicted molar refractivity (Wildman–Crippen MR) is 86.2 cm³/mol. The van der Waals surface area contributed by atoms with E-state index in [1.807, 2.05) is 18.2 Å². The summed E-state index contributed by atoms with van der Waals surface area (Å²) in [7, 11) is 1.67. The maximum Gasteiger partial charge on any atom is 0.124 e. The highest BCUT2D eigenvalue weighted by Gasteiger charge is 2.10. The third-order valence-electron chi connectivity index (χ3n) is 3.26. The number of fused-ring (bicyclic) bond motifs is 1. The molecule has 0 N–H and O–H groups in total. The molecule has 0 aliphatic heterocycles. The first-order valence-electron chi connectivity index (χ1n) is 7.03. The summed E-state index contributed by atoms with van der Waals surface area (Å²) >= 11 is 12.1. The number of rotatable bonds is 9. The number of aryl methyl sites for hydroxylation is 1. The van der Waals surface area contributed by atoms with Crippen LogP contribution in [0, 0.1) is 0 Å². The summed E-state index contributed by atoms with van der Waals surface area (Å²) in [4.78, 5) is 4.54. The molecule has 116 valence electrons. The van der Waals surface area contributed by atoms with Gasteiger partial charge in [-0.3, -0.25) is 0 Å². The van der Waals surface area contributed by atoms with E-state index in [-0.39, 0.29) is 0 Å². The van der Waals surface area contributed by atoms with Crippen molar-refractivity contribution < 1.29 is 9.47 Å². The van der Waals surface area contributed by atoms with E-state index in [4.69, 9.17) is 32.7 Å². The van der Waals surface area contributed by atoms with Gasteiger partial charge < -0.3 is 14.0 Å². The number of aromatic nitrogens is 2. The predicted octanol–water partition coefficient (Wildman–Crippen LogP) is 3.87. The van der Waals surface area contributed by atoms with Crippen molar-refractivity contribution in [1.29, 1.82) is 0 Å². The molecule has 0 aliphatic carbocycles. The lowest BCUT2D eigenvalue weighted by Crippen LogP contribution is -2.06. The number of benzene rings is 1. The molecule has 2 aromatic rings. The van der Waals surface area contributed by atoms with E-state index in [0.29, 0.717) is 24.1 Å². The summed E-state index contributed by atoms with van der Waals surface area (Å²) in [5.74, 6) is 1.28. The number of halogens is 2. The summed E-state index contributed by atoms with van der Waals surface area (Å²) in [6, 6.07) is 5.72. The van der Waals surface area contributed by atoms with Crippen LogP contribution in [-0.2, 0) is 21.9 Å². The first kappa shape index (κ1) is 16.6. The van der Waals surface area contributed by atoms with Gasteiger partial charge in [-0.15, -0.1) is 11.6 Å². The maximum absolute atomic E-state index is 6.07. The molecule has 21 heavy (non-hydrogen) atoms. The van der Waals surface area contributed by atoms with Gasteiger partial charge in [0.05, 0.1) is 30.1 Å². The normalized spacial score (nSPS) is 11.4. The van der Waals surface area contributed by atoms with Gasteiger partial charge in [0.2, 0.25) is 0 Å². The Morgan fingerprint density at radius 3 is 2.81 bits per heavy atom. The summed E-state index contributed by atoms with van der Waals surface area (Å²) in [5, 5.41) is 0.715. The van der Waals surface area contributed by atoms with Crippen LogP contribution in [0.4, 0.5) is 0 Å². The molecule has 0 unspecified atom stereocenters. The van der Waals surface area contributed by atoms with Crippen LogP contribution in [0.3, 0.4) is 0 Å². The zero-order valence-corrected chi connectivity index (χ0v) is 13.7. The van der Waals surface area contributed by atoms with Gasteiger partial charge in [0.15, 0.2) is 0 Å². The summed E-state index contributed by atoms with van der Waals surface area (Å²) in [6.45, 7) is 2.90. The van der Waals surface area contributed by atoms with E-state index >= 15 is 0 Å². The Kier molecular flexibility index (Phi) is 6.77. The molecule has 1 aromatic carbocycles. The topological polar surface area (TPSA) is 36.3 Å². The fourth-order valence-corrected chi connectivity index (χ4v) is 2.59. The molecular formula is C15H20Cl2N2O2. The zero-order chi connectivity index (χ0) is 15.1. The molecule has 0 atom stereocenters. The molecule has 0 aliphatic rings. The fourth-order valence-electron chi connectivity index (χ4n) is 2.22. The van der Waals surface area contributed by atoms with Gasteiger partial charge in [-0.1, -0.05) is 11.6 Å². The minimum Gasteiger partial charge on any atom is -0.382 e.